The van der Waals surface area contributed by atoms with Crippen LogP contribution in [0.15, 0.2) is 35.3 Å². The summed E-state index contributed by atoms with van der Waals surface area (Å²) in [5.41, 5.74) is 1.06. The standard InChI is InChI=1S/C12H16BrOP/c1-3-15(14,4-2)12(10-13)11-8-6-5-7-9-11/h5-10H,3-4H2,1-2H3/b12-10-. The molecule has 0 aromatic heterocycles. The van der Waals surface area contributed by atoms with Crippen molar-refractivity contribution >= 4 is 28.4 Å². The van der Waals surface area contributed by atoms with E-state index in [0.717, 1.165) is 23.2 Å². The fourth-order valence-corrected chi connectivity index (χ4v) is 4.87. The molecule has 0 fully saturated rings. The second kappa shape index (κ2) is 5.67. The van der Waals surface area contributed by atoms with Crippen LogP contribution in [-0.2, 0) is 4.57 Å². The molecule has 82 valence electrons. The molecule has 0 aliphatic carbocycles. The number of benzene rings is 1. The molecular weight excluding hydrogens is 271 g/mol. The zero-order chi connectivity index (χ0) is 11.3. The highest BCUT2D eigenvalue weighted by molar-refractivity contribution is 9.11. The van der Waals surface area contributed by atoms with Gasteiger partial charge in [-0.15, -0.1) is 0 Å². The van der Waals surface area contributed by atoms with Crippen molar-refractivity contribution in [3.8, 4) is 0 Å². The summed E-state index contributed by atoms with van der Waals surface area (Å²) < 4.78 is 12.6. The van der Waals surface area contributed by atoms with Gasteiger partial charge in [0.2, 0.25) is 0 Å². The average molecular weight is 287 g/mol. The molecule has 0 saturated heterocycles. The molecule has 1 aromatic carbocycles. The molecule has 0 spiro atoms. The first-order valence-electron chi connectivity index (χ1n) is 5.12. The molecule has 0 radical (unpaired) electrons. The Hall–Kier alpha value is -0.330. The molecule has 0 heterocycles. The first-order chi connectivity index (χ1) is 7.18. The fourth-order valence-electron chi connectivity index (χ4n) is 1.56. The lowest BCUT2D eigenvalue weighted by atomic mass is 10.2. The van der Waals surface area contributed by atoms with Crippen LogP contribution in [0.3, 0.4) is 0 Å². The van der Waals surface area contributed by atoms with Crippen molar-refractivity contribution in [1.82, 2.24) is 0 Å². The number of halogens is 1. The van der Waals surface area contributed by atoms with E-state index >= 15 is 0 Å². The van der Waals surface area contributed by atoms with Gasteiger partial charge in [-0.2, -0.15) is 0 Å². The van der Waals surface area contributed by atoms with Gasteiger partial charge in [-0.1, -0.05) is 60.1 Å². The molecule has 1 rings (SSSR count). The van der Waals surface area contributed by atoms with Crippen LogP contribution in [0.5, 0.6) is 0 Å². The van der Waals surface area contributed by atoms with Gasteiger partial charge in [0.05, 0.1) is 0 Å². The van der Waals surface area contributed by atoms with E-state index in [1.54, 1.807) is 0 Å². The molecule has 1 aromatic rings. The topological polar surface area (TPSA) is 17.1 Å². The van der Waals surface area contributed by atoms with E-state index in [-0.39, 0.29) is 0 Å². The smallest absolute Gasteiger partial charge is 0.116 e. The highest BCUT2D eigenvalue weighted by Crippen LogP contribution is 2.58. The van der Waals surface area contributed by atoms with Crippen molar-refractivity contribution in [1.29, 1.82) is 0 Å². The molecule has 1 nitrogen and oxygen atoms in total. The minimum Gasteiger partial charge on any atom is -0.319 e. The summed E-state index contributed by atoms with van der Waals surface area (Å²) in [5.74, 6) is 0. The van der Waals surface area contributed by atoms with Gasteiger partial charge in [-0.3, -0.25) is 0 Å². The molecule has 0 aliphatic heterocycles. The maximum absolute atomic E-state index is 12.6. The van der Waals surface area contributed by atoms with Gasteiger partial charge >= 0.3 is 0 Å². The Bertz CT molecular complexity index is 376. The van der Waals surface area contributed by atoms with Crippen molar-refractivity contribution in [2.45, 2.75) is 13.8 Å². The number of hydrogen-bond donors (Lipinski definition) is 0. The lowest BCUT2D eigenvalue weighted by Crippen LogP contribution is -1.93. The van der Waals surface area contributed by atoms with E-state index in [4.69, 9.17) is 0 Å². The maximum Gasteiger partial charge on any atom is 0.116 e. The molecule has 0 bridgehead atoms. The quantitative estimate of drug-likeness (QED) is 0.728. The summed E-state index contributed by atoms with van der Waals surface area (Å²) in [4.78, 5) is 1.82. The summed E-state index contributed by atoms with van der Waals surface area (Å²) in [6.45, 7) is 3.98. The lowest BCUT2D eigenvalue weighted by molar-refractivity contribution is 0.583. The molecule has 3 heteroatoms. The van der Waals surface area contributed by atoms with E-state index < -0.39 is 7.14 Å². The Morgan fingerprint density at radius 1 is 1.27 bits per heavy atom. The van der Waals surface area contributed by atoms with Gasteiger partial charge in [0.15, 0.2) is 0 Å². The van der Waals surface area contributed by atoms with E-state index in [9.17, 15) is 4.57 Å². The first kappa shape index (κ1) is 12.7. The summed E-state index contributed by atoms with van der Waals surface area (Å²) in [7, 11) is -2.20. The van der Waals surface area contributed by atoms with Crippen LogP contribution in [0.25, 0.3) is 5.31 Å². The van der Waals surface area contributed by atoms with Gasteiger partial charge in [-0.05, 0) is 10.5 Å². The average Bonchev–Trinajstić information content (AvgIpc) is 2.31. The van der Waals surface area contributed by atoms with Gasteiger partial charge < -0.3 is 4.57 Å². The third-order valence-corrected chi connectivity index (χ3v) is 6.75. The Morgan fingerprint density at radius 3 is 2.20 bits per heavy atom. The van der Waals surface area contributed by atoms with Crippen LogP contribution in [0, 0.1) is 0 Å². The van der Waals surface area contributed by atoms with Crippen LogP contribution in [0.1, 0.15) is 19.4 Å². The Balaban J connectivity index is 3.17. The monoisotopic (exact) mass is 286 g/mol. The highest BCUT2D eigenvalue weighted by Gasteiger charge is 2.23. The molecule has 15 heavy (non-hydrogen) atoms. The molecular formula is C12H16BrOP. The molecule has 0 unspecified atom stereocenters. The predicted octanol–water partition coefficient (Wildman–Crippen LogP) is 4.78. The summed E-state index contributed by atoms with van der Waals surface area (Å²) in [6, 6.07) is 9.93. The summed E-state index contributed by atoms with van der Waals surface area (Å²) in [6.07, 6.45) is 1.44. The fraction of sp³-hybridized carbons (Fsp3) is 0.333. The largest absolute Gasteiger partial charge is 0.319 e. The normalized spacial score (nSPS) is 12.9. The van der Waals surface area contributed by atoms with Crippen molar-refractivity contribution in [2.24, 2.45) is 0 Å². The zero-order valence-corrected chi connectivity index (χ0v) is 11.6. The number of hydrogen-bond acceptors (Lipinski definition) is 1. The SMILES string of the molecule is CCP(=O)(CC)/C(=C\Br)c1ccccc1. The van der Waals surface area contributed by atoms with Crippen LogP contribution in [0.2, 0.25) is 0 Å². The minimum atomic E-state index is -2.20. The maximum atomic E-state index is 12.6. The third-order valence-electron chi connectivity index (χ3n) is 2.63. The summed E-state index contributed by atoms with van der Waals surface area (Å²) >= 11 is 3.34. The Labute approximate surface area is 100 Å². The Morgan fingerprint density at radius 2 is 1.80 bits per heavy atom. The summed E-state index contributed by atoms with van der Waals surface area (Å²) in [5, 5.41) is 0.952. The molecule has 0 N–H and O–H groups in total. The van der Waals surface area contributed by atoms with Crippen molar-refractivity contribution < 1.29 is 4.57 Å². The van der Waals surface area contributed by atoms with E-state index in [1.165, 1.54) is 0 Å². The van der Waals surface area contributed by atoms with Gasteiger partial charge in [-0.25, -0.2) is 0 Å². The van der Waals surface area contributed by atoms with E-state index in [2.05, 4.69) is 15.9 Å². The zero-order valence-electron chi connectivity index (χ0n) is 9.11. The van der Waals surface area contributed by atoms with Gasteiger partial charge in [0.1, 0.15) is 7.14 Å². The second-order valence-electron chi connectivity index (χ2n) is 3.38. The van der Waals surface area contributed by atoms with Crippen molar-refractivity contribution in [3.63, 3.8) is 0 Å². The van der Waals surface area contributed by atoms with Crippen LogP contribution < -0.4 is 0 Å². The van der Waals surface area contributed by atoms with Crippen LogP contribution in [-0.4, -0.2) is 12.3 Å². The van der Waals surface area contributed by atoms with Crippen LogP contribution >= 0.6 is 23.1 Å². The molecule has 0 saturated carbocycles. The van der Waals surface area contributed by atoms with E-state index in [1.807, 2.05) is 49.2 Å². The predicted molar refractivity (Wildman–Crippen MR) is 72.0 cm³/mol. The lowest BCUT2D eigenvalue weighted by Gasteiger charge is -2.18. The molecule has 0 amide bonds. The van der Waals surface area contributed by atoms with E-state index in [0.29, 0.717) is 0 Å². The minimum absolute atomic E-state index is 0.718. The van der Waals surface area contributed by atoms with Crippen LogP contribution in [0.4, 0.5) is 0 Å². The highest BCUT2D eigenvalue weighted by atomic mass is 79.9. The van der Waals surface area contributed by atoms with Gasteiger partial charge in [0, 0.05) is 17.6 Å². The first-order valence-corrected chi connectivity index (χ1v) is 8.11. The molecule has 0 aliphatic rings. The van der Waals surface area contributed by atoms with Crippen molar-refractivity contribution in [2.75, 3.05) is 12.3 Å². The molecule has 0 atom stereocenters. The Kier molecular flexibility index (Phi) is 4.82. The van der Waals surface area contributed by atoms with Gasteiger partial charge in [0.25, 0.3) is 0 Å². The number of rotatable bonds is 4. The third kappa shape index (κ3) is 2.83. The van der Waals surface area contributed by atoms with Crippen molar-refractivity contribution in [3.05, 3.63) is 40.9 Å². The second-order valence-corrected chi connectivity index (χ2v) is 7.37.